The monoisotopic (exact) mass is 480 g/mol. The molecule has 0 saturated carbocycles. The molecule has 0 amide bonds. The predicted octanol–water partition coefficient (Wildman–Crippen LogP) is -0.402. The fourth-order valence-corrected chi connectivity index (χ4v) is 3.48. The highest BCUT2D eigenvalue weighted by molar-refractivity contribution is 5.88. The third-order valence-corrected chi connectivity index (χ3v) is 5.30. The summed E-state index contributed by atoms with van der Waals surface area (Å²) in [6, 6.07) is 5.32. The van der Waals surface area contributed by atoms with E-state index in [1.54, 1.807) is 0 Å². The molecule has 5 unspecified atom stereocenters. The molecule has 0 bridgehead atoms. The van der Waals surface area contributed by atoms with Crippen LogP contribution >= 0.6 is 0 Å². The molecule has 1 saturated heterocycles. The van der Waals surface area contributed by atoms with Crippen LogP contribution in [0.2, 0.25) is 0 Å². The summed E-state index contributed by atoms with van der Waals surface area (Å²) in [5.74, 6) is -4.45. The van der Waals surface area contributed by atoms with E-state index in [9.17, 15) is 45.6 Å². The normalized spacial score (nSPS) is 24.9. The lowest BCUT2D eigenvalue weighted by molar-refractivity contribution is -0.403. The van der Waals surface area contributed by atoms with E-state index in [0.29, 0.717) is 0 Å². The molecule has 1 aliphatic rings. The molecule has 182 valence electrons. The highest BCUT2D eigenvalue weighted by atomic mass is 17.2. The Bertz CT molecular complexity index is 1270. The minimum atomic E-state index is -1.90. The molecule has 13 nitrogen and oxygen atoms in total. The van der Waals surface area contributed by atoms with Crippen LogP contribution in [0.3, 0.4) is 0 Å². The van der Waals surface area contributed by atoms with Crippen LogP contribution in [0.5, 0.6) is 28.7 Å². The number of hydrogen-bond donors (Lipinski definition) is 8. The molecule has 13 heteroatoms. The number of hydrogen-bond acceptors (Lipinski definition) is 13. The number of fused-ring (bicyclic) bond motifs is 1. The number of benzene rings is 2. The quantitative estimate of drug-likeness (QED) is 0.132. The van der Waals surface area contributed by atoms with Gasteiger partial charge in [-0.05, 0) is 18.2 Å². The molecule has 1 fully saturated rings. The molecule has 3 aromatic rings. The van der Waals surface area contributed by atoms with Gasteiger partial charge in [-0.15, -0.1) is 0 Å². The first-order valence-electron chi connectivity index (χ1n) is 9.81. The Morgan fingerprint density at radius 1 is 0.912 bits per heavy atom. The fraction of sp³-hybridized carbons (Fsp3) is 0.286. The van der Waals surface area contributed by atoms with E-state index < -0.39 is 76.9 Å². The van der Waals surface area contributed by atoms with Gasteiger partial charge < -0.3 is 54.9 Å². The Hall–Kier alpha value is -3.59. The van der Waals surface area contributed by atoms with Crippen molar-refractivity contribution in [1.29, 1.82) is 0 Å². The average Bonchev–Trinajstić information content (AvgIpc) is 2.78. The van der Waals surface area contributed by atoms with Gasteiger partial charge in [-0.1, -0.05) is 0 Å². The summed E-state index contributed by atoms with van der Waals surface area (Å²) in [6.07, 6.45) is -6.98. The van der Waals surface area contributed by atoms with Crippen molar-refractivity contribution < 1.29 is 59.8 Å². The number of aliphatic hydroxyl groups excluding tert-OH is 4. The smallest absolute Gasteiger partial charge is 0.256 e. The molecular weight excluding hydrogens is 460 g/mol. The molecule has 34 heavy (non-hydrogen) atoms. The van der Waals surface area contributed by atoms with Crippen LogP contribution in [-0.2, 0) is 9.62 Å². The molecule has 4 rings (SSSR count). The van der Waals surface area contributed by atoms with Crippen LogP contribution in [0.4, 0.5) is 0 Å². The number of aliphatic hydroxyl groups is 4. The van der Waals surface area contributed by atoms with Gasteiger partial charge in [-0.3, -0.25) is 4.79 Å². The van der Waals surface area contributed by atoms with Crippen LogP contribution in [0, 0.1) is 5.92 Å². The minimum absolute atomic E-state index is 0.00879. The zero-order valence-electron chi connectivity index (χ0n) is 17.1. The molecule has 1 aromatic heterocycles. The van der Waals surface area contributed by atoms with Gasteiger partial charge in [0.05, 0.1) is 18.6 Å². The summed E-state index contributed by atoms with van der Waals surface area (Å²) >= 11 is 0. The van der Waals surface area contributed by atoms with Crippen LogP contribution in [0.15, 0.2) is 39.5 Å². The maximum Gasteiger partial charge on any atom is 0.256 e. The van der Waals surface area contributed by atoms with Gasteiger partial charge in [-0.2, -0.15) is 4.89 Å². The van der Waals surface area contributed by atoms with Crippen molar-refractivity contribution >= 4 is 11.0 Å². The number of phenols is 4. The third-order valence-electron chi connectivity index (χ3n) is 5.30. The predicted molar refractivity (Wildman–Crippen MR) is 110 cm³/mol. The Kier molecular flexibility index (Phi) is 6.22. The summed E-state index contributed by atoms with van der Waals surface area (Å²) in [5.41, 5.74) is -1.23. The van der Waals surface area contributed by atoms with E-state index in [0.717, 1.165) is 24.3 Å². The molecule has 2 aromatic carbocycles. The topological polar surface area (TPSA) is 220 Å². The fourth-order valence-electron chi connectivity index (χ4n) is 3.48. The van der Waals surface area contributed by atoms with E-state index in [1.165, 1.54) is 6.07 Å². The first-order chi connectivity index (χ1) is 16.1. The van der Waals surface area contributed by atoms with E-state index in [4.69, 9.17) is 18.9 Å². The Morgan fingerprint density at radius 2 is 1.65 bits per heavy atom. The number of ether oxygens (including phenoxy) is 1. The van der Waals surface area contributed by atoms with Gasteiger partial charge >= 0.3 is 0 Å². The second-order valence-electron chi connectivity index (χ2n) is 7.53. The van der Waals surface area contributed by atoms with Gasteiger partial charge in [0.2, 0.25) is 11.7 Å². The van der Waals surface area contributed by atoms with Gasteiger partial charge in [0.15, 0.2) is 23.5 Å². The standard InChI is InChI=1S/C21H20O13/c22-6-9-15(27)17(29)20(30)32-21(9)34-33-19-16(28)14-12(26)4-8(23)5-13(14)31-18(19)7-1-2-10(24)11(25)3-7/h1-5,9,15,17,20-27,29-30H,6H2. The summed E-state index contributed by atoms with van der Waals surface area (Å²) in [5, 5.41) is 78.0. The van der Waals surface area contributed by atoms with E-state index in [2.05, 4.69) is 0 Å². The Morgan fingerprint density at radius 3 is 2.32 bits per heavy atom. The minimum Gasteiger partial charge on any atom is -0.508 e. The first-order valence-corrected chi connectivity index (χ1v) is 9.81. The first kappa shape index (κ1) is 23.6. The van der Waals surface area contributed by atoms with Crippen molar-refractivity contribution in [2.75, 3.05) is 6.61 Å². The second kappa shape index (κ2) is 8.98. The van der Waals surface area contributed by atoms with Gasteiger partial charge in [0, 0.05) is 17.7 Å². The largest absolute Gasteiger partial charge is 0.508 e. The van der Waals surface area contributed by atoms with Crippen molar-refractivity contribution in [2.24, 2.45) is 5.92 Å². The van der Waals surface area contributed by atoms with Crippen LogP contribution in [0.1, 0.15) is 0 Å². The average molecular weight is 480 g/mol. The highest BCUT2D eigenvalue weighted by Crippen LogP contribution is 2.39. The number of rotatable bonds is 5. The van der Waals surface area contributed by atoms with E-state index in [-0.39, 0.29) is 16.9 Å². The summed E-state index contributed by atoms with van der Waals surface area (Å²) in [6.45, 7) is -0.760. The van der Waals surface area contributed by atoms with Crippen LogP contribution in [0.25, 0.3) is 22.3 Å². The van der Waals surface area contributed by atoms with Crippen molar-refractivity contribution in [2.45, 2.75) is 24.8 Å². The molecular formula is C21H20O13. The zero-order valence-corrected chi connectivity index (χ0v) is 17.1. The lowest BCUT2D eigenvalue weighted by Crippen LogP contribution is -2.56. The third kappa shape index (κ3) is 4.07. The summed E-state index contributed by atoms with van der Waals surface area (Å²) in [7, 11) is 0. The molecule has 1 aliphatic heterocycles. The second-order valence-corrected chi connectivity index (χ2v) is 7.53. The van der Waals surface area contributed by atoms with Gasteiger partial charge in [0.1, 0.15) is 28.6 Å². The van der Waals surface area contributed by atoms with Gasteiger partial charge in [0.25, 0.3) is 5.75 Å². The van der Waals surface area contributed by atoms with Crippen LogP contribution in [-0.4, -0.2) is 72.2 Å². The molecule has 5 atom stereocenters. The Balaban J connectivity index is 1.81. The maximum atomic E-state index is 13.2. The molecule has 0 aliphatic carbocycles. The number of aromatic hydroxyl groups is 4. The van der Waals surface area contributed by atoms with Crippen molar-refractivity contribution in [3.8, 4) is 40.1 Å². The van der Waals surface area contributed by atoms with Crippen molar-refractivity contribution in [3.05, 3.63) is 40.6 Å². The molecule has 8 N–H and O–H groups in total. The molecule has 2 heterocycles. The van der Waals surface area contributed by atoms with Gasteiger partial charge in [-0.25, -0.2) is 0 Å². The Labute approximate surface area is 189 Å². The summed E-state index contributed by atoms with van der Waals surface area (Å²) < 4.78 is 10.6. The lowest BCUT2D eigenvalue weighted by atomic mass is 9.95. The van der Waals surface area contributed by atoms with Crippen LogP contribution < -0.4 is 10.3 Å². The summed E-state index contributed by atoms with van der Waals surface area (Å²) in [4.78, 5) is 23.3. The van der Waals surface area contributed by atoms with Crippen molar-refractivity contribution in [3.63, 3.8) is 0 Å². The zero-order chi connectivity index (χ0) is 24.7. The van der Waals surface area contributed by atoms with Crippen molar-refractivity contribution in [1.82, 2.24) is 0 Å². The SMILES string of the molecule is O=c1c(OOC2OC(O)C(O)C(O)C2CO)c(-c2ccc(O)c(O)c2)oc2cc(O)cc(O)c12. The maximum absolute atomic E-state index is 13.2. The highest BCUT2D eigenvalue weighted by Gasteiger charge is 2.45. The molecule has 0 spiro atoms. The van der Waals surface area contributed by atoms with E-state index in [1.807, 2.05) is 0 Å². The lowest BCUT2D eigenvalue weighted by Gasteiger charge is -2.38. The molecule has 0 radical (unpaired) electrons. The number of phenolic OH excluding ortho intramolecular Hbond substituents is 4. The van der Waals surface area contributed by atoms with E-state index >= 15 is 0 Å².